The Labute approximate surface area is 87.4 Å². The first-order chi connectivity index (χ1) is 6.47. The molecule has 0 aromatic heterocycles. The Morgan fingerprint density at radius 1 is 1.50 bits per heavy atom. The van der Waals surface area contributed by atoms with Crippen LogP contribution in [0.3, 0.4) is 0 Å². The molecule has 0 bridgehead atoms. The highest BCUT2D eigenvalue weighted by molar-refractivity contribution is 4.81. The lowest BCUT2D eigenvalue weighted by atomic mass is 9.90. The minimum atomic E-state index is -0.0532. The fourth-order valence-corrected chi connectivity index (χ4v) is 1.79. The summed E-state index contributed by atoms with van der Waals surface area (Å²) in [7, 11) is 0. The Morgan fingerprint density at radius 3 is 2.57 bits per heavy atom. The molecule has 0 aliphatic carbocycles. The zero-order chi connectivity index (χ0) is 10.8. The highest BCUT2D eigenvalue weighted by Gasteiger charge is 2.38. The van der Waals surface area contributed by atoms with Gasteiger partial charge < -0.3 is 9.47 Å². The molecule has 1 heterocycles. The molecule has 0 unspecified atom stereocenters. The Bertz CT molecular complexity index is 180. The second-order valence-electron chi connectivity index (χ2n) is 4.91. The van der Waals surface area contributed by atoms with Crippen LogP contribution in [0.5, 0.6) is 0 Å². The number of hydrogen-bond donors (Lipinski definition) is 0. The van der Waals surface area contributed by atoms with Crippen molar-refractivity contribution in [3.63, 3.8) is 0 Å². The smallest absolute Gasteiger partial charge is 0.165 e. The maximum Gasteiger partial charge on any atom is 0.165 e. The third-order valence-corrected chi connectivity index (χ3v) is 2.69. The van der Waals surface area contributed by atoms with Crippen LogP contribution in [-0.4, -0.2) is 37.1 Å². The van der Waals surface area contributed by atoms with Crippen LogP contribution in [0.15, 0.2) is 0 Å². The molecule has 0 spiro atoms. The van der Waals surface area contributed by atoms with E-state index in [1.165, 1.54) is 0 Å². The normalized spacial score (nSPS) is 28.3. The molecule has 1 aliphatic heterocycles. The average molecular weight is 201 g/mol. The van der Waals surface area contributed by atoms with Gasteiger partial charge in [0.15, 0.2) is 6.29 Å². The third-order valence-electron chi connectivity index (χ3n) is 2.69. The van der Waals surface area contributed by atoms with Crippen molar-refractivity contribution in [1.29, 1.82) is 0 Å². The van der Waals surface area contributed by atoms with Crippen LogP contribution in [0.2, 0.25) is 0 Å². The van der Waals surface area contributed by atoms with Gasteiger partial charge in [-0.25, -0.2) is 0 Å². The molecule has 0 amide bonds. The van der Waals surface area contributed by atoms with Gasteiger partial charge in [-0.3, -0.25) is 4.90 Å². The maximum absolute atomic E-state index is 5.71. The SMILES string of the molecule is CCO[C@@H]1OCN(C(C)C)CC1(C)C. The van der Waals surface area contributed by atoms with E-state index in [9.17, 15) is 0 Å². The second kappa shape index (κ2) is 4.60. The molecule has 1 fully saturated rings. The van der Waals surface area contributed by atoms with Crippen LogP contribution in [0.25, 0.3) is 0 Å². The van der Waals surface area contributed by atoms with Crippen LogP contribution < -0.4 is 0 Å². The van der Waals surface area contributed by atoms with Crippen molar-refractivity contribution in [2.24, 2.45) is 5.41 Å². The molecule has 0 aromatic carbocycles. The summed E-state index contributed by atoms with van der Waals surface area (Å²) >= 11 is 0. The molecule has 84 valence electrons. The highest BCUT2D eigenvalue weighted by atomic mass is 16.7. The highest BCUT2D eigenvalue weighted by Crippen LogP contribution is 2.30. The Balaban J connectivity index is 2.56. The van der Waals surface area contributed by atoms with Gasteiger partial charge in [0.05, 0.1) is 0 Å². The van der Waals surface area contributed by atoms with Crippen molar-refractivity contribution in [3.05, 3.63) is 0 Å². The van der Waals surface area contributed by atoms with Gasteiger partial charge in [-0.15, -0.1) is 0 Å². The van der Waals surface area contributed by atoms with Crippen molar-refractivity contribution < 1.29 is 9.47 Å². The molecule has 0 N–H and O–H groups in total. The zero-order valence-corrected chi connectivity index (χ0v) is 10.0. The van der Waals surface area contributed by atoms with E-state index in [-0.39, 0.29) is 11.7 Å². The van der Waals surface area contributed by atoms with E-state index in [4.69, 9.17) is 9.47 Å². The van der Waals surface area contributed by atoms with Crippen LogP contribution in [0.4, 0.5) is 0 Å². The fourth-order valence-electron chi connectivity index (χ4n) is 1.79. The van der Waals surface area contributed by atoms with Gasteiger partial charge in [0.2, 0.25) is 0 Å². The lowest BCUT2D eigenvalue weighted by Gasteiger charge is -2.44. The molecule has 1 aliphatic rings. The van der Waals surface area contributed by atoms with Crippen molar-refractivity contribution in [2.45, 2.75) is 47.0 Å². The number of rotatable bonds is 3. The summed E-state index contributed by atoms with van der Waals surface area (Å²) in [6, 6.07) is 0.539. The summed E-state index contributed by atoms with van der Waals surface area (Å²) in [4.78, 5) is 2.33. The summed E-state index contributed by atoms with van der Waals surface area (Å²) < 4.78 is 11.3. The molecule has 0 radical (unpaired) electrons. The zero-order valence-electron chi connectivity index (χ0n) is 10.0. The number of hydrogen-bond acceptors (Lipinski definition) is 3. The molecule has 3 heteroatoms. The molecule has 0 aromatic rings. The first kappa shape index (κ1) is 12.0. The quantitative estimate of drug-likeness (QED) is 0.697. The second-order valence-corrected chi connectivity index (χ2v) is 4.91. The maximum atomic E-state index is 5.71. The standard InChI is InChI=1S/C11H23NO2/c1-6-13-10-11(4,5)7-12(8-14-10)9(2)3/h9-10H,6-8H2,1-5H3/t10-/m1/s1. The summed E-state index contributed by atoms with van der Waals surface area (Å²) in [5.41, 5.74) is 0.0819. The van der Waals surface area contributed by atoms with Crippen LogP contribution in [0, 0.1) is 5.41 Å². The monoisotopic (exact) mass is 201 g/mol. The fraction of sp³-hybridized carbons (Fsp3) is 1.00. The first-order valence-electron chi connectivity index (χ1n) is 5.44. The van der Waals surface area contributed by atoms with E-state index < -0.39 is 0 Å². The van der Waals surface area contributed by atoms with Gasteiger partial charge >= 0.3 is 0 Å². The molecule has 0 saturated carbocycles. The lowest BCUT2D eigenvalue weighted by molar-refractivity contribution is -0.256. The van der Waals surface area contributed by atoms with Gasteiger partial charge in [0.1, 0.15) is 6.73 Å². The number of ether oxygens (including phenoxy) is 2. The Morgan fingerprint density at radius 2 is 2.14 bits per heavy atom. The predicted molar refractivity (Wildman–Crippen MR) is 57.0 cm³/mol. The van der Waals surface area contributed by atoms with Crippen LogP contribution in [-0.2, 0) is 9.47 Å². The van der Waals surface area contributed by atoms with E-state index in [1.807, 2.05) is 6.92 Å². The molecular formula is C11H23NO2. The summed E-state index contributed by atoms with van der Waals surface area (Å²) in [5.74, 6) is 0. The molecule has 3 nitrogen and oxygen atoms in total. The van der Waals surface area contributed by atoms with Crippen LogP contribution >= 0.6 is 0 Å². The van der Waals surface area contributed by atoms with Gasteiger partial charge in [-0.2, -0.15) is 0 Å². The largest absolute Gasteiger partial charge is 0.352 e. The van der Waals surface area contributed by atoms with Gasteiger partial charge in [0.25, 0.3) is 0 Å². The summed E-state index contributed by atoms with van der Waals surface area (Å²) in [5, 5.41) is 0. The van der Waals surface area contributed by atoms with E-state index in [0.717, 1.165) is 13.2 Å². The van der Waals surface area contributed by atoms with Crippen LogP contribution in [0.1, 0.15) is 34.6 Å². The molecule has 1 rings (SSSR count). The van der Waals surface area contributed by atoms with Gasteiger partial charge in [0, 0.05) is 24.6 Å². The van der Waals surface area contributed by atoms with E-state index in [0.29, 0.717) is 12.8 Å². The minimum absolute atomic E-state index is 0.0532. The van der Waals surface area contributed by atoms with Crippen molar-refractivity contribution in [3.8, 4) is 0 Å². The van der Waals surface area contributed by atoms with E-state index >= 15 is 0 Å². The third kappa shape index (κ3) is 2.69. The minimum Gasteiger partial charge on any atom is -0.352 e. The van der Waals surface area contributed by atoms with E-state index in [1.54, 1.807) is 0 Å². The Hall–Kier alpha value is -0.120. The lowest BCUT2D eigenvalue weighted by Crippen LogP contribution is -2.53. The van der Waals surface area contributed by atoms with Crippen molar-refractivity contribution in [2.75, 3.05) is 19.9 Å². The topological polar surface area (TPSA) is 21.7 Å². The average Bonchev–Trinajstić information content (AvgIpc) is 2.08. The van der Waals surface area contributed by atoms with Gasteiger partial charge in [-0.1, -0.05) is 13.8 Å². The predicted octanol–water partition coefficient (Wildman–Crippen LogP) is 2.07. The molecule has 1 saturated heterocycles. The molecule has 14 heavy (non-hydrogen) atoms. The molecule has 1 atom stereocenters. The summed E-state index contributed by atoms with van der Waals surface area (Å²) in [6.07, 6.45) is -0.0532. The first-order valence-corrected chi connectivity index (χ1v) is 5.44. The van der Waals surface area contributed by atoms with Crippen molar-refractivity contribution in [1.82, 2.24) is 4.90 Å². The summed E-state index contributed by atoms with van der Waals surface area (Å²) in [6.45, 7) is 13.2. The van der Waals surface area contributed by atoms with Crippen molar-refractivity contribution >= 4 is 0 Å². The molecular weight excluding hydrogens is 178 g/mol. The van der Waals surface area contributed by atoms with E-state index in [2.05, 4.69) is 32.6 Å². The number of nitrogens with zero attached hydrogens (tertiary/aromatic N) is 1. The Kier molecular flexibility index (Phi) is 3.93. The van der Waals surface area contributed by atoms with Gasteiger partial charge in [-0.05, 0) is 20.8 Å².